The number of para-hydroxylation sites is 1. The summed E-state index contributed by atoms with van der Waals surface area (Å²) in [6.45, 7) is 9.47. The molecule has 0 spiro atoms. The standard InChI is InChI=1S/C58H45N/c1-57(2)51-24-11-8-20-46(51)48-35-32-42(37-53(48)57)44-19-10-13-26-54(44)59(55-27-14-18-39-28-29-41(36-50(39)55)38-16-6-5-7-17-38)43-33-30-40(31-34-43)45-22-15-23-49-47-21-9-12-25-52(47)58(3,4)56(45)49/h5-37H,1-4H3. The van der Waals surface area contributed by atoms with Gasteiger partial charge >= 0.3 is 0 Å². The van der Waals surface area contributed by atoms with Crippen LogP contribution in [0.3, 0.4) is 0 Å². The summed E-state index contributed by atoms with van der Waals surface area (Å²) in [7, 11) is 0. The van der Waals surface area contributed by atoms with Crippen molar-refractivity contribution in [2.45, 2.75) is 38.5 Å². The molecule has 0 aromatic heterocycles. The van der Waals surface area contributed by atoms with E-state index < -0.39 is 0 Å². The molecule has 0 fully saturated rings. The molecule has 1 heteroatoms. The zero-order valence-corrected chi connectivity index (χ0v) is 34.0. The molecule has 0 saturated carbocycles. The van der Waals surface area contributed by atoms with Crippen LogP contribution >= 0.6 is 0 Å². The highest BCUT2D eigenvalue weighted by molar-refractivity contribution is 6.03. The molecule has 0 unspecified atom stereocenters. The van der Waals surface area contributed by atoms with Crippen LogP contribution in [0.1, 0.15) is 49.9 Å². The third-order valence-corrected chi connectivity index (χ3v) is 13.3. The third-order valence-electron chi connectivity index (χ3n) is 13.3. The predicted octanol–water partition coefficient (Wildman–Crippen LogP) is 15.9. The smallest absolute Gasteiger partial charge is 0.0540 e. The van der Waals surface area contributed by atoms with E-state index in [1.165, 1.54) is 88.7 Å². The number of nitrogens with zero attached hydrogens (tertiary/aromatic N) is 1. The van der Waals surface area contributed by atoms with Gasteiger partial charge in [-0.3, -0.25) is 0 Å². The average molecular weight is 756 g/mol. The Morgan fingerprint density at radius 2 is 0.881 bits per heavy atom. The minimum Gasteiger partial charge on any atom is -0.309 e. The van der Waals surface area contributed by atoms with Gasteiger partial charge in [0.15, 0.2) is 0 Å². The van der Waals surface area contributed by atoms with Crippen LogP contribution in [0.2, 0.25) is 0 Å². The van der Waals surface area contributed by atoms with Crippen LogP contribution in [0.15, 0.2) is 200 Å². The molecule has 0 aliphatic heterocycles. The molecule has 2 aliphatic carbocycles. The fourth-order valence-corrected chi connectivity index (χ4v) is 10.3. The van der Waals surface area contributed by atoms with Gasteiger partial charge in [0.25, 0.3) is 0 Å². The third kappa shape index (κ3) is 5.45. The number of rotatable bonds is 6. The quantitative estimate of drug-likeness (QED) is 0.163. The molecule has 9 aromatic carbocycles. The van der Waals surface area contributed by atoms with Crippen molar-refractivity contribution in [2.24, 2.45) is 0 Å². The molecule has 0 N–H and O–H groups in total. The molecule has 282 valence electrons. The van der Waals surface area contributed by atoms with E-state index in [9.17, 15) is 0 Å². The van der Waals surface area contributed by atoms with E-state index in [0.717, 1.165) is 17.1 Å². The highest BCUT2D eigenvalue weighted by Gasteiger charge is 2.38. The van der Waals surface area contributed by atoms with Gasteiger partial charge in [-0.2, -0.15) is 0 Å². The predicted molar refractivity (Wildman–Crippen MR) is 250 cm³/mol. The van der Waals surface area contributed by atoms with Gasteiger partial charge in [0.2, 0.25) is 0 Å². The molecule has 1 nitrogen and oxygen atoms in total. The van der Waals surface area contributed by atoms with Gasteiger partial charge in [0.1, 0.15) is 0 Å². The van der Waals surface area contributed by atoms with E-state index in [0.29, 0.717) is 0 Å². The molecule has 2 aliphatic rings. The Kier molecular flexibility index (Phi) is 7.94. The van der Waals surface area contributed by atoms with Gasteiger partial charge in [-0.05, 0) is 114 Å². The van der Waals surface area contributed by atoms with Crippen LogP contribution in [0.5, 0.6) is 0 Å². The summed E-state index contributed by atoms with van der Waals surface area (Å²) < 4.78 is 0. The Labute approximate surface area is 347 Å². The fraction of sp³-hybridized carbons (Fsp3) is 0.103. The molecule has 59 heavy (non-hydrogen) atoms. The zero-order valence-electron chi connectivity index (χ0n) is 34.0. The lowest BCUT2D eigenvalue weighted by Crippen LogP contribution is -2.16. The Hall–Kier alpha value is -6.96. The SMILES string of the molecule is CC1(C)c2ccccc2-c2ccc(-c3ccccc3N(c3ccc(-c4cccc5c4C(C)(C)c4ccccc4-5)cc3)c3cccc4ccc(-c5ccccc5)cc34)cc21. The van der Waals surface area contributed by atoms with Crippen molar-refractivity contribution in [3.8, 4) is 55.6 Å². The van der Waals surface area contributed by atoms with E-state index in [4.69, 9.17) is 0 Å². The van der Waals surface area contributed by atoms with Crippen molar-refractivity contribution >= 4 is 27.8 Å². The van der Waals surface area contributed by atoms with Crippen molar-refractivity contribution in [1.29, 1.82) is 0 Å². The van der Waals surface area contributed by atoms with Gasteiger partial charge in [-0.25, -0.2) is 0 Å². The molecule has 0 saturated heterocycles. The lowest BCUT2D eigenvalue weighted by molar-refractivity contribution is 0.660. The summed E-state index contributed by atoms with van der Waals surface area (Å²) in [5.74, 6) is 0. The molecule has 0 heterocycles. The fourth-order valence-electron chi connectivity index (χ4n) is 10.3. The first-order chi connectivity index (χ1) is 28.8. The molecular weight excluding hydrogens is 711 g/mol. The summed E-state index contributed by atoms with van der Waals surface area (Å²) in [6.07, 6.45) is 0. The van der Waals surface area contributed by atoms with Crippen LogP contribution in [0, 0.1) is 0 Å². The van der Waals surface area contributed by atoms with Gasteiger partial charge < -0.3 is 4.90 Å². The molecule has 9 aromatic rings. The highest BCUT2D eigenvalue weighted by Crippen LogP contribution is 2.53. The van der Waals surface area contributed by atoms with Crippen molar-refractivity contribution in [3.63, 3.8) is 0 Å². The second kappa shape index (κ2) is 13.3. The second-order valence-electron chi connectivity index (χ2n) is 17.3. The molecular formula is C58H45N. The van der Waals surface area contributed by atoms with E-state index in [-0.39, 0.29) is 10.8 Å². The Morgan fingerprint density at radius 3 is 1.66 bits per heavy atom. The highest BCUT2D eigenvalue weighted by atomic mass is 15.1. The largest absolute Gasteiger partial charge is 0.309 e. The first-order valence-corrected chi connectivity index (χ1v) is 20.8. The number of hydrogen-bond acceptors (Lipinski definition) is 1. The second-order valence-corrected chi connectivity index (χ2v) is 17.3. The monoisotopic (exact) mass is 755 g/mol. The van der Waals surface area contributed by atoms with Crippen LogP contribution in [-0.2, 0) is 10.8 Å². The summed E-state index contributed by atoms with van der Waals surface area (Å²) in [4.78, 5) is 2.48. The van der Waals surface area contributed by atoms with Gasteiger partial charge in [-0.1, -0.05) is 191 Å². The zero-order chi connectivity index (χ0) is 39.9. The summed E-state index contributed by atoms with van der Waals surface area (Å²) >= 11 is 0. The Morgan fingerprint density at radius 1 is 0.322 bits per heavy atom. The topological polar surface area (TPSA) is 3.24 Å². The van der Waals surface area contributed by atoms with Crippen molar-refractivity contribution in [1.82, 2.24) is 0 Å². The lowest BCUT2D eigenvalue weighted by Gasteiger charge is -2.30. The van der Waals surface area contributed by atoms with E-state index >= 15 is 0 Å². The number of fused-ring (bicyclic) bond motifs is 7. The van der Waals surface area contributed by atoms with Gasteiger partial charge in [0, 0.05) is 27.5 Å². The molecule has 11 rings (SSSR count). The number of anilines is 3. The van der Waals surface area contributed by atoms with E-state index in [1.807, 2.05) is 0 Å². The van der Waals surface area contributed by atoms with Crippen LogP contribution in [0.4, 0.5) is 17.1 Å². The number of benzene rings is 9. The summed E-state index contributed by atoms with van der Waals surface area (Å²) in [5, 5.41) is 2.42. The molecule has 0 atom stereocenters. The summed E-state index contributed by atoms with van der Waals surface area (Å²) in [5.41, 5.74) is 21.5. The maximum atomic E-state index is 2.48. The van der Waals surface area contributed by atoms with Crippen molar-refractivity contribution in [2.75, 3.05) is 4.90 Å². The minimum atomic E-state index is -0.0998. The number of hydrogen-bond donors (Lipinski definition) is 0. The Balaban J connectivity index is 1.10. The van der Waals surface area contributed by atoms with E-state index in [1.54, 1.807) is 0 Å². The molecule has 0 bridgehead atoms. The van der Waals surface area contributed by atoms with Crippen LogP contribution < -0.4 is 4.90 Å². The summed E-state index contributed by atoms with van der Waals surface area (Å²) in [6, 6.07) is 74.3. The lowest BCUT2D eigenvalue weighted by atomic mass is 9.79. The first-order valence-electron chi connectivity index (χ1n) is 20.8. The van der Waals surface area contributed by atoms with E-state index in [2.05, 4.69) is 233 Å². The minimum absolute atomic E-state index is 0.0938. The first kappa shape index (κ1) is 35.2. The molecule has 0 radical (unpaired) electrons. The molecule has 0 amide bonds. The van der Waals surface area contributed by atoms with Crippen LogP contribution in [-0.4, -0.2) is 0 Å². The van der Waals surface area contributed by atoms with Gasteiger partial charge in [0.05, 0.1) is 11.4 Å². The van der Waals surface area contributed by atoms with Crippen LogP contribution in [0.25, 0.3) is 66.4 Å². The van der Waals surface area contributed by atoms with Crippen molar-refractivity contribution < 1.29 is 0 Å². The normalized spacial score (nSPS) is 14.0. The maximum absolute atomic E-state index is 2.48. The Bertz CT molecular complexity index is 3090. The average Bonchev–Trinajstić information content (AvgIpc) is 3.66. The maximum Gasteiger partial charge on any atom is 0.0540 e. The van der Waals surface area contributed by atoms with Crippen molar-refractivity contribution in [3.05, 3.63) is 222 Å². The van der Waals surface area contributed by atoms with Gasteiger partial charge in [-0.15, -0.1) is 0 Å².